The number of rotatable bonds is 6. The van der Waals surface area contributed by atoms with Crippen LogP contribution in [-0.2, 0) is 33.2 Å². The molecule has 0 saturated heterocycles. The second-order valence-electron chi connectivity index (χ2n) is 7.78. The van der Waals surface area contributed by atoms with Crippen LogP contribution in [0.3, 0.4) is 0 Å². The normalized spacial score (nSPS) is 11.5. The third-order valence-corrected chi connectivity index (χ3v) is 8.08. The summed E-state index contributed by atoms with van der Waals surface area (Å²) in [6, 6.07) is 7.38. The van der Waals surface area contributed by atoms with Crippen LogP contribution in [0.25, 0.3) is 10.8 Å². The van der Waals surface area contributed by atoms with Gasteiger partial charge >= 0.3 is 0 Å². The first kappa shape index (κ1) is 30.5. The van der Waals surface area contributed by atoms with Crippen LogP contribution >= 0.6 is 11.3 Å². The van der Waals surface area contributed by atoms with E-state index in [0.29, 0.717) is 35.4 Å². The highest BCUT2D eigenvalue weighted by Gasteiger charge is 2.17. The lowest BCUT2D eigenvalue weighted by Gasteiger charge is -2.03. The number of aromatic nitrogens is 3. The van der Waals surface area contributed by atoms with Crippen LogP contribution in [0.2, 0.25) is 0 Å². The Morgan fingerprint density at radius 1 is 0.973 bits per heavy atom. The van der Waals surface area contributed by atoms with Crippen LogP contribution in [0.15, 0.2) is 57.9 Å². The van der Waals surface area contributed by atoms with Gasteiger partial charge in [0.1, 0.15) is 11.6 Å². The standard InChI is InChI=1S/C12H17N4OS.C10H8O6S2.ClH/c1-8-11(3-4-17)18-7-16(8)6-10-5-14-9(2)15-12(10)13;11-17(12,13)9-3-1-7-5-10(18(14,15)16)4-2-8(7)6-9;/h5,7,17H,3-4,6H2,1-2H3,(H2,13,14,15);1-6H,(H,11,12,13)(H,14,15,16);1H/q+1;;/p-1. The van der Waals surface area contributed by atoms with Crippen molar-refractivity contribution in [3.63, 3.8) is 0 Å². The summed E-state index contributed by atoms with van der Waals surface area (Å²) in [5, 5.41) is 9.83. The zero-order valence-corrected chi connectivity index (χ0v) is 22.9. The van der Waals surface area contributed by atoms with Crippen LogP contribution in [0.4, 0.5) is 5.82 Å². The molecule has 11 nitrogen and oxygen atoms in total. The lowest BCUT2D eigenvalue weighted by molar-refractivity contribution is -0.689. The molecular formula is C22H25ClN4O7S3. The zero-order valence-electron chi connectivity index (χ0n) is 19.7. The van der Waals surface area contributed by atoms with Crippen molar-refractivity contribution in [3.05, 3.63) is 70.1 Å². The molecule has 0 radical (unpaired) electrons. The maximum atomic E-state index is 10.9. The summed E-state index contributed by atoms with van der Waals surface area (Å²) in [5.41, 5.74) is 10.0. The molecule has 0 bridgehead atoms. The number of aliphatic hydroxyl groups is 1. The number of nitrogens with zero attached hydrogens (tertiary/aromatic N) is 3. The van der Waals surface area contributed by atoms with Crippen molar-refractivity contribution in [1.82, 2.24) is 9.97 Å². The SMILES string of the molecule is Cc1ncc(C[n+]2csc(CCO)c2C)c(N)n1.O=S(=O)(O)c1ccc2cc(S(=O)(=O)O)ccc2c1.[Cl-]. The van der Waals surface area contributed by atoms with E-state index in [1.54, 1.807) is 17.5 Å². The minimum atomic E-state index is -4.30. The third-order valence-electron chi connectivity index (χ3n) is 5.23. The van der Waals surface area contributed by atoms with E-state index in [2.05, 4.69) is 14.5 Å². The van der Waals surface area contributed by atoms with Crippen LogP contribution in [-0.4, -0.2) is 47.6 Å². The van der Waals surface area contributed by atoms with Gasteiger partial charge in [0.2, 0.25) is 5.51 Å². The van der Waals surface area contributed by atoms with E-state index in [1.807, 2.05) is 19.4 Å². The predicted octanol–water partition coefficient (Wildman–Crippen LogP) is -1.06. The van der Waals surface area contributed by atoms with Crippen LogP contribution in [0, 0.1) is 13.8 Å². The van der Waals surface area contributed by atoms with E-state index in [4.69, 9.17) is 19.9 Å². The monoisotopic (exact) mass is 588 g/mol. The quantitative estimate of drug-likeness (QED) is 0.160. The molecule has 0 saturated carbocycles. The molecule has 0 atom stereocenters. The van der Waals surface area contributed by atoms with Gasteiger partial charge in [0.25, 0.3) is 20.2 Å². The molecule has 0 aliphatic rings. The Morgan fingerprint density at radius 2 is 1.51 bits per heavy atom. The number of aliphatic hydroxyl groups excluding tert-OH is 1. The number of thiazole rings is 1. The fourth-order valence-corrected chi connectivity index (χ4v) is 5.31. The highest BCUT2D eigenvalue weighted by Crippen LogP contribution is 2.22. The summed E-state index contributed by atoms with van der Waals surface area (Å²) < 4.78 is 63.5. The topological polar surface area (TPSA) is 185 Å². The van der Waals surface area contributed by atoms with Crippen molar-refractivity contribution in [2.45, 2.75) is 36.6 Å². The molecule has 0 amide bonds. The number of halogens is 1. The number of aryl methyl sites for hydroxylation is 1. The molecule has 5 N–H and O–H groups in total. The molecule has 0 aliphatic heterocycles. The summed E-state index contributed by atoms with van der Waals surface area (Å²) in [6.07, 6.45) is 2.47. The Kier molecular flexibility index (Phi) is 10.1. The minimum Gasteiger partial charge on any atom is -1.00 e. The molecule has 0 unspecified atom stereocenters. The highest BCUT2D eigenvalue weighted by molar-refractivity contribution is 7.86. The second-order valence-corrected chi connectivity index (χ2v) is 11.6. The van der Waals surface area contributed by atoms with Gasteiger partial charge in [-0.3, -0.25) is 9.11 Å². The van der Waals surface area contributed by atoms with E-state index >= 15 is 0 Å². The second kappa shape index (κ2) is 12.2. The fourth-order valence-electron chi connectivity index (χ4n) is 3.29. The van der Waals surface area contributed by atoms with Gasteiger partial charge in [-0.2, -0.15) is 21.4 Å². The first-order valence-electron chi connectivity index (χ1n) is 10.4. The van der Waals surface area contributed by atoms with Crippen LogP contribution < -0.4 is 22.7 Å². The summed E-state index contributed by atoms with van der Waals surface area (Å²) in [5.74, 6) is 1.22. The van der Waals surface area contributed by atoms with Crippen molar-refractivity contribution < 1.29 is 48.0 Å². The van der Waals surface area contributed by atoms with Crippen molar-refractivity contribution in [3.8, 4) is 0 Å². The molecule has 37 heavy (non-hydrogen) atoms. The maximum Gasteiger partial charge on any atom is 0.294 e. The Balaban J connectivity index is 0.000000253. The minimum absolute atomic E-state index is 0. The lowest BCUT2D eigenvalue weighted by atomic mass is 10.1. The summed E-state index contributed by atoms with van der Waals surface area (Å²) in [7, 11) is -8.60. The van der Waals surface area contributed by atoms with Gasteiger partial charge in [-0.25, -0.2) is 9.97 Å². The van der Waals surface area contributed by atoms with Gasteiger partial charge in [-0.05, 0) is 42.0 Å². The molecule has 200 valence electrons. The Hall–Kier alpha value is -2.72. The average molecular weight is 589 g/mol. The Bertz CT molecular complexity index is 1550. The van der Waals surface area contributed by atoms with Gasteiger partial charge in [0.15, 0.2) is 12.2 Å². The van der Waals surface area contributed by atoms with Crippen molar-refractivity contribution in [1.29, 1.82) is 0 Å². The average Bonchev–Trinajstić information content (AvgIpc) is 3.13. The number of hydrogen-bond acceptors (Lipinski definition) is 9. The molecule has 0 aliphatic carbocycles. The zero-order chi connectivity index (χ0) is 26.7. The van der Waals surface area contributed by atoms with Crippen LogP contribution in [0.5, 0.6) is 0 Å². The summed E-state index contributed by atoms with van der Waals surface area (Å²) >= 11 is 1.65. The smallest absolute Gasteiger partial charge is 0.294 e. The highest BCUT2D eigenvalue weighted by atomic mass is 35.5. The lowest BCUT2D eigenvalue weighted by Crippen LogP contribution is -3.00. The molecular weight excluding hydrogens is 564 g/mol. The first-order chi connectivity index (χ1) is 16.8. The number of benzene rings is 2. The van der Waals surface area contributed by atoms with E-state index in [0.717, 1.165) is 23.4 Å². The molecule has 2 heterocycles. The summed E-state index contributed by atoms with van der Waals surface area (Å²) in [4.78, 5) is 8.96. The van der Waals surface area contributed by atoms with E-state index in [-0.39, 0.29) is 28.8 Å². The third kappa shape index (κ3) is 7.88. The molecule has 0 spiro atoms. The van der Waals surface area contributed by atoms with E-state index in [1.165, 1.54) is 29.1 Å². The number of fused-ring (bicyclic) bond motifs is 1. The van der Waals surface area contributed by atoms with Gasteiger partial charge in [0.05, 0.1) is 20.2 Å². The van der Waals surface area contributed by atoms with Crippen LogP contribution in [0.1, 0.15) is 22.0 Å². The predicted molar refractivity (Wildman–Crippen MR) is 134 cm³/mol. The maximum absolute atomic E-state index is 10.9. The molecule has 15 heteroatoms. The van der Waals surface area contributed by atoms with E-state index in [9.17, 15) is 16.8 Å². The van der Waals surface area contributed by atoms with E-state index < -0.39 is 20.2 Å². The first-order valence-corrected chi connectivity index (χ1v) is 14.2. The molecule has 0 fully saturated rings. The number of hydrogen-bond donors (Lipinski definition) is 4. The molecule has 2 aromatic heterocycles. The molecule has 4 aromatic rings. The molecule has 4 rings (SSSR count). The largest absolute Gasteiger partial charge is 1.00 e. The Labute approximate surface area is 224 Å². The van der Waals surface area contributed by atoms with Gasteiger partial charge in [-0.15, -0.1) is 0 Å². The summed E-state index contributed by atoms with van der Waals surface area (Å²) in [6.45, 7) is 4.71. The Morgan fingerprint density at radius 3 is 1.97 bits per heavy atom. The number of nitrogens with two attached hydrogens (primary N) is 1. The van der Waals surface area contributed by atoms with Crippen molar-refractivity contribution >= 4 is 48.2 Å². The molecule has 2 aromatic carbocycles. The number of anilines is 1. The van der Waals surface area contributed by atoms with Gasteiger partial charge in [0, 0.05) is 26.1 Å². The van der Waals surface area contributed by atoms with Crippen molar-refractivity contribution in [2.24, 2.45) is 0 Å². The fraction of sp³-hybridized carbons (Fsp3) is 0.227. The van der Waals surface area contributed by atoms with Gasteiger partial charge < -0.3 is 23.2 Å². The number of nitrogen functional groups attached to an aromatic ring is 1. The van der Waals surface area contributed by atoms with Crippen molar-refractivity contribution in [2.75, 3.05) is 12.3 Å². The van der Waals surface area contributed by atoms with Gasteiger partial charge in [-0.1, -0.05) is 23.5 Å².